The molecule has 0 spiro atoms. The van der Waals surface area contributed by atoms with Crippen LogP contribution in [0.25, 0.3) is 0 Å². The van der Waals surface area contributed by atoms with Gasteiger partial charge in [-0.15, -0.1) is 0 Å². The first kappa shape index (κ1) is 16.3. The van der Waals surface area contributed by atoms with Gasteiger partial charge in [0.2, 0.25) is 11.8 Å². The van der Waals surface area contributed by atoms with Gasteiger partial charge in [0.25, 0.3) is 0 Å². The molecule has 1 N–H and O–H groups in total. The molecule has 0 unspecified atom stereocenters. The fourth-order valence-corrected chi connectivity index (χ4v) is 3.84. The van der Waals surface area contributed by atoms with E-state index < -0.39 is 5.54 Å². The van der Waals surface area contributed by atoms with Crippen LogP contribution in [0.1, 0.15) is 51.0 Å². The van der Waals surface area contributed by atoms with Crippen LogP contribution in [0.4, 0.5) is 0 Å². The fourth-order valence-electron chi connectivity index (χ4n) is 3.62. The van der Waals surface area contributed by atoms with Crippen molar-refractivity contribution in [2.75, 3.05) is 0 Å². The number of nitrogens with zero attached hydrogens (tertiary/aromatic N) is 1. The van der Waals surface area contributed by atoms with Crippen molar-refractivity contribution >= 4 is 23.4 Å². The van der Waals surface area contributed by atoms with Gasteiger partial charge in [-0.25, -0.2) is 0 Å². The molecule has 3 rings (SSSR count). The zero-order valence-corrected chi connectivity index (χ0v) is 14.2. The summed E-state index contributed by atoms with van der Waals surface area (Å²) in [7, 11) is 0. The second kappa shape index (κ2) is 6.52. The summed E-state index contributed by atoms with van der Waals surface area (Å²) in [6.45, 7) is 2.31. The largest absolute Gasteiger partial charge is 0.351 e. The topological polar surface area (TPSA) is 49.4 Å². The van der Waals surface area contributed by atoms with Crippen molar-refractivity contribution in [1.82, 2.24) is 10.2 Å². The van der Waals surface area contributed by atoms with E-state index in [0.717, 1.165) is 18.4 Å². The molecule has 0 radical (unpaired) electrons. The van der Waals surface area contributed by atoms with Gasteiger partial charge in [0, 0.05) is 24.0 Å². The second-order valence-corrected chi connectivity index (χ2v) is 7.27. The van der Waals surface area contributed by atoms with Gasteiger partial charge in [0.1, 0.15) is 5.54 Å². The molecule has 0 bridgehead atoms. The van der Waals surface area contributed by atoms with E-state index in [0.29, 0.717) is 24.4 Å². The number of carbonyl (C=O) groups excluding carboxylic acids is 2. The average Bonchev–Trinajstić information content (AvgIpc) is 3.12. The lowest BCUT2D eigenvalue weighted by molar-refractivity contribution is -0.141. The lowest BCUT2D eigenvalue weighted by Gasteiger charge is -2.35. The SMILES string of the molecule is C[C@@]1(C(=O)NC2CCCC2)CCC(=O)N1Cc1cccc(Cl)c1. The first-order valence-electron chi connectivity index (χ1n) is 8.35. The minimum atomic E-state index is -0.762. The molecule has 1 saturated heterocycles. The van der Waals surface area contributed by atoms with E-state index >= 15 is 0 Å². The maximum atomic E-state index is 12.8. The number of likely N-dealkylation sites (tertiary alicyclic amines) is 1. The second-order valence-electron chi connectivity index (χ2n) is 6.84. The molecular formula is C18H23ClN2O2. The molecule has 4 nitrogen and oxygen atoms in total. The third-order valence-corrected chi connectivity index (χ3v) is 5.37. The Kier molecular flexibility index (Phi) is 4.62. The van der Waals surface area contributed by atoms with Crippen molar-refractivity contribution in [3.63, 3.8) is 0 Å². The van der Waals surface area contributed by atoms with Crippen molar-refractivity contribution in [3.05, 3.63) is 34.9 Å². The van der Waals surface area contributed by atoms with Crippen molar-refractivity contribution in [2.24, 2.45) is 0 Å². The summed E-state index contributed by atoms with van der Waals surface area (Å²) in [6, 6.07) is 7.73. The predicted molar refractivity (Wildman–Crippen MR) is 90.0 cm³/mol. The van der Waals surface area contributed by atoms with Crippen molar-refractivity contribution < 1.29 is 9.59 Å². The van der Waals surface area contributed by atoms with Crippen LogP contribution in [0.5, 0.6) is 0 Å². The summed E-state index contributed by atoms with van der Waals surface area (Å²) >= 11 is 6.03. The molecule has 1 atom stereocenters. The zero-order valence-electron chi connectivity index (χ0n) is 13.5. The number of carbonyl (C=O) groups is 2. The Morgan fingerprint density at radius 3 is 2.83 bits per heavy atom. The fraction of sp³-hybridized carbons (Fsp3) is 0.556. The molecule has 2 amide bonds. The van der Waals surface area contributed by atoms with E-state index in [-0.39, 0.29) is 17.9 Å². The van der Waals surface area contributed by atoms with E-state index in [1.54, 1.807) is 4.90 Å². The summed E-state index contributed by atoms with van der Waals surface area (Å²) in [5.74, 6) is 0.0197. The standard InChI is InChI=1S/C18H23ClN2O2/c1-18(17(23)20-15-7-2-3-8-15)10-9-16(22)21(18)12-13-5-4-6-14(19)11-13/h4-6,11,15H,2-3,7-10,12H2,1H3,(H,20,23)/t18-/m0/s1. The zero-order chi connectivity index (χ0) is 16.4. The van der Waals surface area contributed by atoms with Gasteiger partial charge < -0.3 is 10.2 Å². The Balaban J connectivity index is 1.76. The molecular weight excluding hydrogens is 312 g/mol. The first-order valence-corrected chi connectivity index (χ1v) is 8.73. The molecule has 2 aliphatic rings. The van der Waals surface area contributed by atoms with Gasteiger partial charge in [0.15, 0.2) is 0 Å². The number of amides is 2. The lowest BCUT2D eigenvalue weighted by atomic mass is 9.96. The number of hydrogen-bond donors (Lipinski definition) is 1. The number of halogens is 1. The Labute approximate surface area is 142 Å². The summed E-state index contributed by atoms with van der Waals surface area (Å²) in [5.41, 5.74) is 0.190. The Hall–Kier alpha value is -1.55. The van der Waals surface area contributed by atoms with Crippen LogP contribution in [0, 0.1) is 0 Å². The van der Waals surface area contributed by atoms with E-state index in [4.69, 9.17) is 11.6 Å². The van der Waals surface area contributed by atoms with Crippen molar-refractivity contribution in [1.29, 1.82) is 0 Å². The number of hydrogen-bond acceptors (Lipinski definition) is 2. The van der Waals surface area contributed by atoms with Gasteiger partial charge in [-0.05, 0) is 43.9 Å². The number of rotatable bonds is 4. The van der Waals surface area contributed by atoms with Gasteiger partial charge in [-0.1, -0.05) is 36.6 Å². The molecule has 1 aromatic carbocycles. The third-order valence-electron chi connectivity index (χ3n) is 5.13. The summed E-state index contributed by atoms with van der Waals surface area (Å²) in [4.78, 5) is 26.9. The normalized spacial score (nSPS) is 25.1. The number of benzene rings is 1. The van der Waals surface area contributed by atoms with E-state index in [2.05, 4.69) is 5.32 Å². The van der Waals surface area contributed by atoms with Gasteiger partial charge in [0.05, 0.1) is 0 Å². The lowest BCUT2D eigenvalue weighted by Crippen LogP contribution is -2.55. The molecule has 1 aliphatic carbocycles. The van der Waals surface area contributed by atoms with Crippen LogP contribution < -0.4 is 5.32 Å². The molecule has 1 aliphatic heterocycles. The predicted octanol–water partition coefficient (Wildman–Crippen LogP) is 3.28. The highest BCUT2D eigenvalue weighted by molar-refractivity contribution is 6.30. The number of nitrogens with one attached hydrogen (secondary N) is 1. The molecule has 5 heteroatoms. The Morgan fingerprint density at radius 2 is 2.13 bits per heavy atom. The van der Waals surface area contributed by atoms with Gasteiger partial charge in [-0.3, -0.25) is 9.59 Å². The highest BCUT2D eigenvalue weighted by atomic mass is 35.5. The monoisotopic (exact) mass is 334 g/mol. The smallest absolute Gasteiger partial charge is 0.245 e. The van der Waals surface area contributed by atoms with Crippen molar-refractivity contribution in [3.8, 4) is 0 Å². The Bertz CT molecular complexity index is 613. The molecule has 124 valence electrons. The molecule has 1 saturated carbocycles. The van der Waals surface area contributed by atoms with E-state index in [1.807, 2.05) is 31.2 Å². The minimum Gasteiger partial charge on any atom is -0.351 e. The first-order chi connectivity index (χ1) is 11.0. The molecule has 1 heterocycles. The molecule has 23 heavy (non-hydrogen) atoms. The van der Waals surface area contributed by atoms with Crippen molar-refractivity contribution in [2.45, 2.75) is 63.6 Å². The summed E-state index contributed by atoms with van der Waals surface area (Å²) in [5, 5.41) is 3.79. The van der Waals surface area contributed by atoms with Gasteiger partial charge >= 0.3 is 0 Å². The van der Waals surface area contributed by atoms with E-state index in [1.165, 1.54) is 12.8 Å². The molecule has 0 aromatic heterocycles. The van der Waals surface area contributed by atoms with E-state index in [9.17, 15) is 9.59 Å². The highest BCUT2D eigenvalue weighted by Gasteiger charge is 2.47. The van der Waals surface area contributed by atoms with Crippen LogP contribution in [0.2, 0.25) is 5.02 Å². The van der Waals surface area contributed by atoms with Crippen LogP contribution in [-0.2, 0) is 16.1 Å². The van der Waals surface area contributed by atoms with Gasteiger partial charge in [-0.2, -0.15) is 0 Å². The molecule has 2 fully saturated rings. The Morgan fingerprint density at radius 1 is 1.39 bits per heavy atom. The minimum absolute atomic E-state index is 0.0164. The highest BCUT2D eigenvalue weighted by Crippen LogP contribution is 2.33. The van der Waals surface area contributed by atoms with Crippen LogP contribution in [0.15, 0.2) is 24.3 Å². The quantitative estimate of drug-likeness (QED) is 0.918. The average molecular weight is 335 g/mol. The maximum Gasteiger partial charge on any atom is 0.245 e. The summed E-state index contributed by atoms with van der Waals surface area (Å²) < 4.78 is 0. The molecule has 1 aromatic rings. The maximum absolute atomic E-state index is 12.8. The van der Waals surface area contributed by atoms with Crippen LogP contribution in [0.3, 0.4) is 0 Å². The van der Waals surface area contributed by atoms with Crippen LogP contribution in [-0.4, -0.2) is 28.3 Å². The third kappa shape index (κ3) is 3.37. The summed E-state index contributed by atoms with van der Waals surface area (Å²) in [6.07, 6.45) is 5.44. The van der Waals surface area contributed by atoms with Crippen LogP contribution >= 0.6 is 11.6 Å².